The van der Waals surface area contributed by atoms with E-state index in [0.29, 0.717) is 19.8 Å². The van der Waals surface area contributed by atoms with Crippen LogP contribution in [0.5, 0.6) is 11.5 Å². The maximum atomic E-state index is 10.6. The molecule has 1 aromatic carbocycles. The Bertz CT molecular complexity index is 681. The van der Waals surface area contributed by atoms with Crippen molar-refractivity contribution in [1.29, 1.82) is 0 Å². The molecule has 6 nitrogen and oxygen atoms in total. The third-order valence-corrected chi connectivity index (χ3v) is 4.15. The van der Waals surface area contributed by atoms with Gasteiger partial charge in [0.05, 0.1) is 6.20 Å². The Morgan fingerprint density at radius 3 is 2.78 bits per heavy atom. The number of aromatic nitrogens is 2. The van der Waals surface area contributed by atoms with Gasteiger partial charge in [0.1, 0.15) is 18.8 Å². The molecular weight excluding hydrogens is 294 g/mol. The van der Waals surface area contributed by atoms with Crippen LogP contribution in [0.3, 0.4) is 0 Å². The predicted molar refractivity (Wildman–Crippen MR) is 86.6 cm³/mol. The minimum Gasteiger partial charge on any atom is -0.486 e. The van der Waals surface area contributed by atoms with E-state index in [-0.39, 0.29) is 6.04 Å². The van der Waals surface area contributed by atoms with E-state index in [1.165, 1.54) is 0 Å². The summed E-state index contributed by atoms with van der Waals surface area (Å²) in [4.78, 5) is 0. The normalized spacial score (nSPS) is 17.6. The first-order valence-electron chi connectivity index (χ1n) is 7.80. The maximum Gasteiger partial charge on any atom is 0.161 e. The lowest BCUT2D eigenvalue weighted by Crippen LogP contribution is -2.36. The van der Waals surface area contributed by atoms with Crippen molar-refractivity contribution in [2.24, 2.45) is 7.05 Å². The summed E-state index contributed by atoms with van der Waals surface area (Å²) in [5, 5.41) is 18.1. The van der Waals surface area contributed by atoms with E-state index in [9.17, 15) is 5.11 Å². The minimum absolute atomic E-state index is 0.0778. The number of aryl methyl sites for hydroxylation is 1. The van der Waals surface area contributed by atoms with Crippen molar-refractivity contribution in [3.05, 3.63) is 41.7 Å². The Hall–Kier alpha value is -2.05. The number of hydrogen-bond donors (Lipinski definition) is 2. The van der Waals surface area contributed by atoms with Crippen LogP contribution in [-0.2, 0) is 12.6 Å². The highest BCUT2D eigenvalue weighted by Crippen LogP contribution is 2.32. The maximum absolute atomic E-state index is 10.6. The second kappa shape index (κ2) is 6.22. The van der Waals surface area contributed by atoms with Crippen LogP contribution in [0.1, 0.15) is 31.0 Å². The van der Waals surface area contributed by atoms with Gasteiger partial charge in [-0.15, -0.1) is 0 Å². The third-order valence-electron chi connectivity index (χ3n) is 4.15. The van der Waals surface area contributed by atoms with Gasteiger partial charge in [0, 0.05) is 31.4 Å². The first kappa shape index (κ1) is 15.8. The summed E-state index contributed by atoms with van der Waals surface area (Å²) in [5.41, 5.74) is 0.911. The fourth-order valence-corrected chi connectivity index (χ4v) is 2.60. The fraction of sp³-hybridized carbons (Fsp3) is 0.471. The van der Waals surface area contributed by atoms with E-state index in [1.807, 2.05) is 31.4 Å². The molecule has 0 fully saturated rings. The molecule has 0 saturated heterocycles. The van der Waals surface area contributed by atoms with Crippen LogP contribution in [0.15, 0.2) is 30.6 Å². The summed E-state index contributed by atoms with van der Waals surface area (Å²) in [6.07, 6.45) is 3.52. The predicted octanol–water partition coefficient (Wildman–Crippen LogP) is 1.75. The molecule has 124 valence electrons. The molecule has 2 unspecified atom stereocenters. The Balaban J connectivity index is 1.66. The van der Waals surface area contributed by atoms with Crippen LogP contribution in [0.4, 0.5) is 0 Å². The smallest absolute Gasteiger partial charge is 0.161 e. The molecule has 0 radical (unpaired) electrons. The van der Waals surface area contributed by atoms with Crippen LogP contribution in [0, 0.1) is 0 Å². The number of hydrogen-bond acceptors (Lipinski definition) is 5. The zero-order valence-corrected chi connectivity index (χ0v) is 13.7. The van der Waals surface area contributed by atoms with E-state index in [4.69, 9.17) is 9.47 Å². The van der Waals surface area contributed by atoms with Gasteiger partial charge in [0.25, 0.3) is 0 Å². The Morgan fingerprint density at radius 2 is 2.09 bits per heavy atom. The van der Waals surface area contributed by atoms with Crippen LogP contribution >= 0.6 is 0 Å². The van der Waals surface area contributed by atoms with E-state index < -0.39 is 5.60 Å². The summed E-state index contributed by atoms with van der Waals surface area (Å²) in [5.74, 6) is 1.57. The van der Waals surface area contributed by atoms with Gasteiger partial charge in [-0.25, -0.2) is 0 Å². The summed E-state index contributed by atoms with van der Waals surface area (Å²) in [7, 11) is 1.84. The molecule has 0 spiro atoms. The first-order valence-corrected chi connectivity index (χ1v) is 7.80. The molecule has 1 aromatic heterocycles. The molecule has 3 rings (SSSR count). The molecule has 6 heteroatoms. The summed E-state index contributed by atoms with van der Waals surface area (Å²) in [6.45, 7) is 5.44. The van der Waals surface area contributed by atoms with Crippen LogP contribution in [-0.4, -0.2) is 34.6 Å². The van der Waals surface area contributed by atoms with Gasteiger partial charge >= 0.3 is 0 Å². The molecule has 0 aliphatic carbocycles. The molecule has 0 amide bonds. The molecule has 2 N–H and O–H groups in total. The SMILES string of the molecule is CC(NCC(C)(O)c1cnn(C)c1)c1ccc2c(c1)OCCO2. The molecule has 2 atom stereocenters. The zero-order chi connectivity index (χ0) is 16.4. The van der Waals surface area contributed by atoms with Crippen LogP contribution < -0.4 is 14.8 Å². The standard InChI is InChI=1S/C17H23N3O3/c1-12(13-4-5-15-16(8-13)23-7-6-22-15)18-11-17(2,21)14-9-19-20(3)10-14/h4-5,8-10,12,18,21H,6-7,11H2,1-3H3. The first-order chi connectivity index (χ1) is 11.0. The van der Waals surface area contributed by atoms with Crippen molar-refractivity contribution in [3.8, 4) is 11.5 Å². The lowest BCUT2D eigenvalue weighted by molar-refractivity contribution is 0.0543. The number of ether oxygens (including phenoxy) is 2. The Labute approximate surface area is 136 Å². The Kier molecular flexibility index (Phi) is 4.28. The van der Waals surface area contributed by atoms with E-state index >= 15 is 0 Å². The summed E-state index contributed by atoms with van der Waals surface area (Å²) < 4.78 is 12.8. The van der Waals surface area contributed by atoms with Crippen molar-refractivity contribution in [2.45, 2.75) is 25.5 Å². The van der Waals surface area contributed by atoms with Gasteiger partial charge in [0.2, 0.25) is 0 Å². The van der Waals surface area contributed by atoms with Gasteiger partial charge in [0.15, 0.2) is 11.5 Å². The number of fused-ring (bicyclic) bond motifs is 1. The average Bonchev–Trinajstić information content (AvgIpc) is 2.99. The van der Waals surface area contributed by atoms with E-state index in [2.05, 4.69) is 17.3 Å². The number of rotatable bonds is 5. The van der Waals surface area contributed by atoms with Gasteiger partial charge in [-0.3, -0.25) is 4.68 Å². The molecule has 1 aliphatic heterocycles. The zero-order valence-electron chi connectivity index (χ0n) is 13.7. The van der Waals surface area contributed by atoms with Crippen LogP contribution in [0.25, 0.3) is 0 Å². The quantitative estimate of drug-likeness (QED) is 0.879. The van der Waals surface area contributed by atoms with E-state index in [0.717, 1.165) is 22.6 Å². The van der Waals surface area contributed by atoms with Gasteiger partial charge in [-0.1, -0.05) is 6.07 Å². The second-order valence-corrected chi connectivity index (χ2v) is 6.18. The highest BCUT2D eigenvalue weighted by Gasteiger charge is 2.25. The molecule has 2 aromatic rings. The fourth-order valence-electron chi connectivity index (χ4n) is 2.60. The highest BCUT2D eigenvalue weighted by atomic mass is 16.6. The number of aliphatic hydroxyl groups is 1. The molecule has 0 bridgehead atoms. The van der Waals surface area contributed by atoms with Gasteiger partial charge in [-0.05, 0) is 31.5 Å². The van der Waals surface area contributed by atoms with E-state index in [1.54, 1.807) is 17.8 Å². The molecule has 23 heavy (non-hydrogen) atoms. The average molecular weight is 317 g/mol. The lowest BCUT2D eigenvalue weighted by Gasteiger charge is -2.26. The van der Waals surface area contributed by atoms with Crippen molar-refractivity contribution in [2.75, 3.05) is 19.8 Å². The molecule has 2 heterocycles. The van der Waals surface area contributed by atoms with Crippen molar-refractivity contribution in [3.63, 3.8) is 0 Å². The monoisotopic (exact) mass is 317 g/mol. The van der Waals surface area contributed by atoms with Crippen molar-refractivity contribution in [1.82, 2.24) is 15.1 Å². The lowest BCUT2D eigenvalue weighted by atomic mass is 9.98. The summed E-state index contributed by atoms with van der Waals surface area (Å²) >= 11 is 0. The van der Waals surface area contributed by atoms with Gasteiger partial charge in [-0.2, -0.15) is 5.10 Å². The third kappa shape index (κ3) is 3.48. The number of nitrogens with zero attached hydrogens (tertiary/aromatic N) is 2. The summed E-state index contributed by atoms with van der Waals surface area (Å²) in [6, 6.07) is 6.02. The number of benzene rings is 1. The highest BCUT2D eigenvalue weighted by molar-refractivity contribution is 5.44. The molecule has 1 aliphatic rings. The van der Waals surface area contributed by atoms with Gasteiger partial charge < -0.3 is 19.9 Å². The Morgan fingerprint density at radius 1 is 1.35 bits per heavy atom. The van der Waals surface area contributed by atoms with Crippen molar-refractivity contribution >= 4 is 0 Å². The minimum atomic E-state index is -0.976. The van der Waals surface area contributed by atoms with Crippen molar-refractivity contribution < 1.29 is 14.6 Å². The second-order valence-electron chi connectivity index (χ2n) is 6.18. The topological polar surface area (TPSA) is 68.5 Å². The van der Waals surface area contributed by atoms with Crippen LogP contribution in [0.2, 0.25) is 0 Å². The number of nitrogens with one attached hydrogen (secondary N) is 1. The largest absolute Gasteiger partial charge is 0.486 e. The molecule has 0 saturated carbocycles. The molecular formula is C17H23N3O3.